The second-order valence-electron chi connectivity index (χ2n) is 6.89. The molecule has 0 aliphatic heterocycles. The number of carbonyl (C=O) groups is 1. The first-order chi connectivity index (χ1) is 12.9. The lowest BCUT2D eigenvalue weighted by Gasteiger charge is -2.17. The fourth-order valence-corrected chi connectivity index (χ4v) is 3.45. The number of aryl methyl sites for hydroxylation is 2. The average molecular weight is 362 g/mol. The van der Waals surface area contributed by atoms with Crippen LogP contribution in [-0.2, 0) is 0 Å². The van der Waals surface area contributed by atoms with Crippen LogP contribution >= 0.6 is 0 Å². The number of hydrogen-bond donors (Lipinski definition) is 1. The Labute approximate surface area is 160 Å². The second kappa shape index (κ2) is 7.70. The minimum Gasteiger partial charge on any atom is -0.495 e. The molecule has 0 spiro atoms. The van der Waals surface area contributed by atoms with Crippen LogP contribution in [0.1, 0.15) is 34.2 Å². The molecule has 0 bridgehead atoms. The zero-order chi connectivity index (χ0) is 19.6. The van der Waals surface area contributed by atoms with Crippen molar-refractivity contribution >= 4 is 11.5 Å². The summed E-state index contributed by atoms with van der Waals surface area (Å²) in [4.78, 5) is 13.1. The topological polar surface area (TPSA) is 43.3 Å². The highest BCUT2D eigenvalue weighted by Gasteiger charge is 2.22. The zero-order valence-electron chi connectivity index (χ0n) is 16.5. The van der Waals surface area contributed by atoms with Crippen molar-refractivity contribution in [2.75, 3.05) is 12.4 Å². The molecule has 27 heavy (non-hydrogen) atoms. The lowest BCUT2D eigenvalue weighted by atomic mass is 10.0. The van der Waals surface area contributed by atoms with Gasteiger partial charge in [-0.2, -0.15) is 0 Å². The number of Topliss-reactive ketones (excluding diaryl/α,β-unsaturated/α-hetero) is 1. The molecule has 0 unspecified atom stereocenters. The number of methoxy groups -OCH3 is 1. The van der Waals surface area contributed by atoms with Crippen molar-refractivity contribution in [1.29, 1.82) is 0 Å². The number of benzene rings is 2. The van der Waals surface area contributed by atoms with Crippen molar-refractivity contribution in [2.45, 2.75) is 33.7 Å². The third-order valence-corrected chi connectivity index (χ3v) is 4.83. The van der Waals surface area contributed by atoms with E-state index in [9.17, 15) is 4.79 Å². The van der Waals surface area contributed by atoms with Crippen LogP contribution in [0, 0.1) is 20.8 Å². The summed E-state index contributed by atoms with van der Waals surface area (Å²) in [6.45, 7) is 7.93. The molecule has 3 rings (SSSR count). The van der Waals surface area contributed by atoms with Crippen LogP contribution in [0.25, 0.3) is 5.69 Å². The SMILES string of the molecule is COc1ccc(C)cc1N[C@H](C)C(=O)c1cc(C)n(-c2ccccc2)c1C. The number of nitrogens with one attached hydrogen (secondary N) is 1. The maximum Gasteiger partial charge on any atom is 0.186 e. The number of ketones is 1. The van der Waals surface area contributed by atoms with Crippen molar-refractivity contribution in [3.8, 4) is 11.4 Å². The molecule has 4 heteroatoms. The van der Waals surface area contributed by atoms with E-state index < -0.39 is 0 Å². The lowest BCUT2D eigenvalue weighted by molar-refractivity contribution is 0.0975. The summed E-state index contributed by atoms with van der Waals surface area (Å²) in [5.41, 5.74) is 5.74. The van der Waals surface area contributed by atoms with Gasteiger partial charge in [-0.15, -0.1) is 0 Å². The molecule has 4 nitrogen and oxygen atoms in total. The highest BCUT2D eigenvalue weighted by molar-refractivity contribution is 6.02. The second-order valence-corrected chi connectivity index (χ2v) is 6.89. The molecule has 0 aliphatic rings. The van der Waals surface area contributed by atoms with Gasteiger partial charge in [0.25, 0.3) is 0 Å². The molecular formula is C23H26N2O2. The molecule has 1 N–H and O–H groups in total. The molecule has 0 radical (unpaired) electrons. The summed E-state index contributed by atoms with van der Waals surface area (Å²) in [6.07, 6.45) is 0. The predicted octanol–water partition coefficient (Wildman–Crippen LogP) is 5.09. The van der Waals surface area contributed by atoms with Gasteiger partial charge in [0.05, 0.1) is 18.8 Å². The third-order valence-electron chi connectivity index (χ3n) is 4.83. The van der Waals surface area contributed by atoms with Gasteiger partial charge in [-0.05, 0) is 63.6 Å². The Kier molecular flexibility index (Phi) is 5.36. The van der Waals surface area contributed by atoms with E-state index in [0.717, 1.165) is 39.6 Å². The van der Waals surface area contributed by atoms with E-state index in [1.165, 1.54) is 0 Å². The monoisotopic (exact) mass is 362 g/mol. The number of nitrogens with zero attached hydrogens (tertiary/aromatic N) is 1. The van der Waals surface area contributed by atoms with E-state index in [-0.39, 0.29) is 11.8 Å². The maximum atomic E-state index is 13.1. The molecular weight excluding hydrogens is 336 g/mol. The minimum absolute atomic E-state index is 0.0637. The Morgan fingerprint density at radius 3 is 2.41 bits per heavy atom. The van der Waals surface area contributed by atoms with Gasteiger partial charge >= 0.3 is 0 Å². The smallest absolute Gasteiger partial charge is 0.186 e. The van der Waals surface area contributed by atoms with Gasteiger partial charge in [-0.3, -0.25) is 4.79 Å². The Morgan fingerprint density at radius 1 is 1.04 bits per heavy atom. The number of para-hydroxylation sites is 1. The van der Waals surface area contributed by atoms with Crippen LogP contribution < -0.4 is 10.1 Å². The van der Waals surface area contributed by atoms with E-state index >= 15 is 0 Å². The lowest BCUT2D eigenvalue weighted by Crippen LogP contribution is -2.27. The molecule has 0 saturated heterocycles. The Balaban J connectivity index is 1.89. The van der Waals surface area contributed by atoms with E-state index in [1.54, 1.807) is 7.11 Å². The third kappa shape index (κ3) is 3.75. The van der Waals surface area contributed by atoms with Crippen LogP contribution in [0.15, 0.2) is 54.6 Å². The number of rotatable bonds is 6. The van der Waals surface area contributed by atoms with Gasteiger partial charge in [0.1, 0.15) is 5.75 Å². The predicted molar refractivity (Wildman–Crippen MR) is 110 cm³/mol. The molecule has 2 aromatic carbocycles. The molecule has 140 valence electrons. The van der Waals surface area contributed by atoms with E-state index in [2.05, 4.69) is 9.88 Å². The molecule has 3 aromatic rings. The van der Waals surface area contributed by atoms with Gasteiger partial charge in [-0.25, -0.2) is 0 Å². The van der Waals surface area contributed by atoms with Gasteiger partial charge < -0.3 is 14.6 Å². The number of aromatic nitrogens is 1. The normalized spacial score (nSPS) is 11.9. The van der Waals surface area contributed by atoms with Crippen molar-refractivity contribution in [3.05, 3.63) is 77.1 Å². The van der Waals surface area contributed by atoms with E-state index in [4.69, 9.17) is 4.74 Å². The van der Waals surface area contributed by atoms with Gasteiger partial charge in [0.2, 0.25) is 0 Å². The van der Waals surface area contributed by atoms with E-state index in [0.29, 0.717) is 0 Å². The van der Waals surface area contributed by atoms with Crippen LogP contribution in [0.3, 0.4) is 0 Å². The molecule has 0 saturated carbocycles. The summed E-state index contributed by atoms with van der Waals surface area (Å²) < 4.78 is 7.53. The fraction of sp³-hybridized carbons (Fsp3) is 0.261. The minimum atomic E-state index is -0.370. The molecule has 0 aliphatic carbocycles. The Morgan fingerprint density at radius 2 is 1.74 bits per heavy atom. The van der Waals surface area contributed by atoms with Crippen LogP contribution in [0.5, 0.6) is 5.75 Å². The first-order valence-electron chi connectivity index (χ1n) is 9.12. The average Bonchev–Trinajstić information content (AvgIpc) is 2.96. The van der Waals surface area contributed by atoms with Crippen molar-refractivity contribution < 1.29 is 9.53 Å². The highest BCUT2D eigenvalue weighted by Crippen LogP contribution is 2.27. The van der Waals surface area contributed by atoms with Crippen LogP contribution in [0.4, 0.5) is 5.69 Å². The Bertz CT molecular complexity index is 958. The van der Waals surface area contributed by atoms with E-state index in [1.807, 2.05) is 82.3 Å². The Hall–Kier alpha value is -3.01. The maximum absolute atomic E-state index is 13.1. The number of ether oxygens (including phenoxy) is 1. The van der Waals surface area contributed by atoms with Gasteiger partial charge in [-0.1, -0.05) is 24.3 Å². The fourth-order valence-electron chi connectivity index (χ4n) is 3.45. The molecule has 1 atom stereocenters. The standard InChI is InChI=1S/C23H26N2O2/c1-15-11-12-22(27-5)21(13-15)24-17(3)23(26)20-14-16(2)25(18(20)4)19-9-7-6-8-10-19/h6-14,17,24H,1-5H3/t17-/m1/s1. The van der Waals surface area contributed by atoms with Crippen molar-refractivity contribution in [3.63, 3.8) is 0 Å². The summed E-state index contributed by atoms with van der Waals surface area (Å²) in [7, 11) is 1.63. The first-order valence-corrected chi connectivity index (χ1v) is 9.12. The molecule has 1 aromatic heterocycles. The quantitative estimate of drug-likeness (QED) is 0.621. The molecule has 0 fully saturated rings. The van der Waals surface area contributed by atoms with Crippen molar-refractivity contribution in [1.82, 2.24) is 4.57 Å². The number of carbonyl (C=O) groups excluding carboxylic acids is 1. The van der Waals surface area contributed by atoms with Crippen molar-refractivity contribution in [2.24, 2.45) is 0 Å². The summed E-state index contributed by atoms with van der Waals surface area (Å²) in [6, 6.07) is 17.6. The first kappa shape index (κ1) is 18.8. The van der Waals surface area contributed by atoms with Crippen LogP contribution in [0.2, 0.25) is 0 Å². The summed E-state index contributed by atoms with van der Waals surface area (Å²) in [5, 5.41) is 3.31. The number of hydrogen-bond acceptors (Lipinski definition) is 3. The highest BCUT2D eigenvalue weighted by atomic mass is 16.5. The van der Waals surface area contributed by atoms with Gasteiger partial charge in [0, 0.05) is 22.6 Å². The van der Waals surface area contributed by atoms with Gasteiger partial charge in [0.15, 0.2) is 5.78 Å². The largest absolute Gasteiger partial charge is 0.495 e. The molecule has 0 amide bonds. The molecule has 1 heterocycles. The summed E-state index contributed by atoms with van der Waals surface area (Å²) >= 11 is 0. The van der Waals surface area contributed by atoms with Crippen LogP contribution in [-0.4, -0.2) is 23.5 Å². The zero-order valence-corrected chi connectivity index (χ0v) is 16.5. The number of anilines is 1. The summed E-state index contributed by atoms with van der Waals surface area (Å²) in [5.74, 6) is 0.795.